The molecule has 1 saturated heterocycles. The summed E-state index contributed by atoms with van der Waals surface area (Å²) in [5, 5.41) is 7.71. The molecule has 8 heteroatoms. The Bertz CT molecular complexity index is 1480. The topological polar surface area (TPSA) is 62.2 Å². The van der Waals surface area contributed by atoms with E-state index in [9.17, 15) is 4.79 Å². The van der Waals surface area contributed by atoms with Gasteiger partial charge in [0.2, 0.25) is 5.91 Å². The van der Waals surface area contributed by atoms with E-state index in [2.05, 4.69) is 51.1 Å². The lowest BCUT2D eigenvalue weighted by Gasteiger charge is -2.28. The van der Waals surface area contributed by atoms with E-state index in [1.54, 1.807) is 6.20 Å². The van der Waals surface area contributed by atoms with Gasteiger partial charge in [-0.15, -0.1) is 0 Å². The van der Waals surface area contributed by atoms with E-state index in [1.165, 1.54) is 6.92 Å². The van der Waals surface area contributed by atoms with Crippen LogP contribution in [0.15, 0.2) is 72.9 Å². The highest BCUT2D eigenvalue weighted by atomic mass is 35.5. The monoisotopic (exact) mass is 529 g/mol. The second-order valence-corrected chi connectivity index (χ2v) is 10.1. The standard InChI is InChI=1S/C29H28ClN5OS/c1-17-16-23(19(3)34(17)26-10-7-8-24(30)18(26)2)28-27(25-9-5-6-15-31-25)33-29(37)35(28)22-13-11-21(12-14-22)32-20(4)36/h5-16,27-28H,1-4H3,(H,32,36)(H,33,37)/t27-,28+/m0/s1. The summed E-state index contributed by atoms with van der Waals surface area (Å²) >= 11 is 12.4. The lowest BCUT2D eigenvalue weighted by molar-refractivity contribution is -0.114. The summed E-state index contributed by atoms with van der Waals surface area (Å²) in [5.74, 6) is -0.108. The molecule has 0 bridgehead atoms. The third-order valence-corrected chi connectivity index (χ3v) is 7.56. The summed E-state index contributed by atoms with van der Waals surface area (Å²) in [6.45, 7) is 7.79. The van der Waals surface area contributed by atoms with Gasteiger partial charge in [-0.25, -0.2) is 0 Å². The van der Waals surface area contributed by atoms with E-state index in [0.717, 1.165) is 50.3 Å². The summed E-state index contributed by atoms with van der Waals surface area (Å²) in [6.07, 6.45) is 1.81. The molecule has 188 valence electrons. The molecule has 1 fully saturated rings. The molecule has 4 aromatic rings. The maximum Gasteiger partial charge on any atom is 0.221 e. The number of aryl methyl sites for hydroxylation is 1. The van der Waals surface area contributed by atoms with E-state index in [0.29, 0.717) is 5.11 Å². The van der Waals surface area contributed by atoms with Gasteiger partial charge in [-0.3, -0.25) is 9.78 Å². The SMILES string of the molecule is CC(=O)Nc1ccc(N2C(=S)N[C@@H](c3ccccn3)[C@H]2c2cc(C)n(-c3cccc(Cl)c3C)c2C)cc1. The minimum absolute atomic E-state index is 0.108. The molecule has 6 nitrogen and oxygen atoms in total. The maximum atomic E-state index is 11.5. The first-order valence-corrected chi connectivity index (χ1v) is 12.9. The van der Waals surface area contributed by atoms with Gasteiger partial charge in [-0.1, -0.05) is 23.7 Å². The molecule has 5 rings (SSSR count). The van der Waals surface area contributed by atoms with E-state index >= 15 is 0 Å². The Labute approximate surface area is 227 Å². The summed E-state index contributed by atoms with van der Waals surface area (Å²) in [7, 11) is 0. The van der Waals surface area contributed by atoms with Crippen molar-refractivity contribution in [2.24, 2.45) is 0 Å². The average molecular weight is 530 g/mol. The summed E-state index contributed by atoms with van der Waals surface area (Å²) in [4.78, 5) is 18.3. The Morgan fingerprint density at radius 3 is 2.49 bits per heavy atom. The van der Waals surface area contributed by atoms with Crippen LogP contribution in [0.25, 0.3) is 5.69 Å². The van der Waals surface area contributed by atoms with Crippen molar-refractivity contribution in [2.75, 3.05) is 10.2 Å². The Kier molecular flexibility index (Phi) is 6.75. The van der Waals surface area contributed by atoms with Crippen molar-refractivity contribution in [1.29, 1.82) is 0 Å². The van der Waals surface area contributed by atoms with Gasteiger partial charge in [0.25, 0.3) is 0 Å². The van der Waals surface area contributed by atoms with Crippen molar-refractivity contribution in [3.05, 3.63) is 106 Å². The van der Waals surface area contributed by atoms with Gasteiger partial charge < -0.3 is 20.1 Å². The summed E-state index contributed by atoms with van der Waals surface area (Å²) in [5.41, 5.74) is 8.03. The van der Waals surface area contributed by atoms with E-state index in [1.807, 2.05) is 61.5 Å². The van der Waals surface area contributed by atoms with Crippen LogP contribution in [0.4, 0.5) is 11.4 Å². The molecule has 2 N–H and O–H groups in total. The molecule has 2 aromatic carbocycles. The Morgan fingerprint density at radius 2 is 1.81 bits per heavy atom. The maximum absolute atomic E-state index is 11.5. The first kappa shape index (κ1) is 25.0. The lowest BCUT2D eigenvalue weighted by atomic mass is 9.96. The molecule has 0 unspecified atom stereocenters. The second-order valence-electron chi connectivity index (χ2n) is 9.27. The fraction of sp³-hybridized carbons (Fsp3) is 0.207. The number of benzene rings is 2. The number of nitrogens with one attached hydrogen (secondary N) is 2. The van der Waals surface area contributed by atoms with Crippen LogP contribution in [-0.2, 0) is 4.79 Å². The normalized spacial score (nSPS) is 17.1. The number of pyridine rings is 1. The molecular weight excluding hydrogens is 502 g/mol. The van der Waals surface area contributed by atoms with Crippen molar-refractivity contribution in [2.45, 2.75) is 39.8 Å². The molecule has 0 aliphatic carbocycles. The number of hydrogen-bond acceptors (Lipinski definition) is 3. The highest BCUT2D eigenvalue weighted by molar-refractivity contribution is 7.80. The number of amides is 1. The molecule has 1 aliphatic heterocycles. The number of rotatable bonds is 5. The van der Waals surface area contributed by atoms with Crippen LogP contribution in [0.3, 0.4) is 0 Å². The van der Waals surface area contributed by atoms with Crippen molar-refractivity contribution >= 4 is 46.2 Å². The summed E-state index contributed by atoms with van der Waals surface area (Å²) < 4.78 is 2.26. The quantitative estimate of drug-likeness (QED) is 0.286. The molecule has 0 saturated carbocycles. The van der Waals surface area contributed by atoms with Crippen molar-refractivity contribution < 1.29 is 4.79 Å². The molecule has 3 heterocycles. The molecule has 1 aliphatic rings. The highest BCUT2D eigenvalue weighted by Crippen LogP contribution is 2.44. The molecule has 0 radical (unpaired) electrons. The van der Waals surface area contributed by atoms with Crippen LogP contribution < -0.4 is 15.5 Å². The number of thiocarbonyl (C=S) groups is 1. The zero-order valence-electron chi connectivity index (χ0n) is 21.1. The second kappa shape index (κ2) is 10.00. The average Bonchev–Trinajstić information content (AvgIpc) is 3.37. The predicted molar refractivity (Wildman–Crippen MR) is 154 cm³/mol. The number of aromatic nitrogens is 2. The molecule has 37 heavy (non-hydrogen) atoms. The third-order valence-electron chi connectivity index (χ3n) is 6.83. The smallest absolute Gasteiger partial charge is 0.221 e. The Balaban J connectivity index is 1.65. The lowest BCUT2D eigenvalue weighted by Crippen LogP contribution is -2.29. The van der Waals surface area contributed by atoms with Crippen molar-refractivity contribution in [3.8, 4) is 5.69 Å². The first-order valence-electron chi connectivity index (χ1n) is 12.1. The molecule has 2 atom stereocenters. The van der Waals surface area contributed by atoms with Gasteiger partial charge in [0, 0.05) is 46.6 Å². The first-order chi connectivity index (χ1) is 17.8. The fourth-order valence-electron chi connectivity index (χ4n) is 5.15. The van der Waals surface area contributed by atoms with Gasteiger partial charge >= 0.3 is 0 Å². The van der Waals surface area contributed by atoms with Crippen molar-refractivity contribution in [3.63, 3.8) is 0 Å². The van der Waals surface area contributed by atoms with Gasteiger partial charge in [0.15, 0.2) is 5.11 Å². The van der Waals surface area contributed by atoms with Gasteiger partial charge in [0.05, 0.1) is 17.8 Å². The van der Waals surface area contributed by atoms with Crippen LogP contribution in [0.1, 0.15) is 47.2 Å². The molecule has 0 spiro atoms. The van der Waals surface area contributed by atoms with Crippen LogP contribution in [0, 0.1) is 20.8 Å². The zero-order chi connectivity index (χ0) is 26.3. The van der Waals surface area contributed by atoms with Crippen molar-refractivity contribution in [1.82, 2.24) is 14.9 Å². The van der Waals surface area contributed by atoms with E-state index in [-0.39, 0.29) is 18.0 Å². The van der Waals surface area contributed by atoms with E-state index in [4.69, 9.17) is 23.8 Å². The molecular formula is C29H28ClN5OS. The van der Waals surface area contributed by atoms with Gasteiger partial charge in [-0.05, 0) is 98.7 Å². The van der Waals surface area contributed by atoms with Crippen LogP contribution in [0.5, 0.6) is 0 Å². The minimum Gasteiger partial charge on any atom is -0.351 e. The number of carbonyl (C=O) groups is 1. The summed E-state index contributed by atoms with van der Waals surface area (Å²) in [6, 6.07) is 21.6. The zero-order valence-corrected chi connectivity index (χ0v) is 22.7. The van der Waals surface area contributed by atoms with Crippen LogP contribution >= 0.6 is 23.8 Å². The fourth-order valence-corrected chi connectivity index (χ4v) is 5.67. The molecule has 1 amide bonds. The van der Waals surface area contributed by atoms with Crippen LogP contribution in [0.2, 0.25) is 5.02 Å². The number of carbonyl (C=O) groups excluding carboxylic acids is 1. The third kappa shape index (κ3) is 4.61. The van der Waals surface area contributed by atoms with Gasteiger partial charge in [-0.2, -0.15) is 0 Å². The molecule has 2 aromatic heterocycles. The Morgan fingerprint density at radius 1 is 1.05 bits per heavy atom. The largest absolute Gasteiger partial charge is 0.351 e. The minimum atomic E-state index is -0.155. The highest BCUT2D eigenvalue weighted by Gasteiger charge is 2.42. The number of halogens is 1. The van der Waals surface area contributed by atoms with E-state index < -0.39 is 0 Å². The van der Waals surface area contributed by atoms with Crippen LogP contribution in [-0.4, -0.2) is 20.6 Å². The Hall–Kier alpha value is -3.68. The number of anilines is 2. The van der Waals surface area contributed by atoms with Gasteiger partial charge in [0.1, 0.15) is 0 Å². The number of hydrogen-bond donors (Lipinski definition) is 2. The number of nitrogens with zero attached hydrogens (tertiary/aromatic N) is 3. The predicted octanol–water partition coefficient (Wildman–Crippen LogP) is 6.59.